The molecule has 0 saturated carbocycles. The number of aliphatic hydroxyl groups is 1. The zero-order chi connectivity index (χ0) is 10.7. The van der Waals surface area contributed by atoms with Crippen molar-refractivity contribution < 1.29 is 19.4 Å². The van der Waals surface area contributed by atoms with Crippen molar-refractivity contribution in [1.29, 1.82) is 0 Å². The van der Waals surface area contributed by atoms with Crippen LogP contribution in [0.5, 0.6) is 0 Å². The Morgan fingerprint density at radius 3 is 2.79 bits per heavy atom. The highest BCUT2D eigenvalue weighted by atomic mass is 79.9. The Labute approximate surface area is 90.1 Å². The summed E-state index contributed by atoms with van der Waals surface area (Å²) in [4.78, 5) is 23.9. The fourth-order valence-electron chi connectivity index (χ4n) is 1.53. The van der Waals surface area contributed by atoms with Crippen LogP contribution in [0.2, 0.25) is 0 Å². The first-order valence-electron chi connectivity index (χ1n) is 4.21. The molecule has 1 rings (SSSR count). The van der Waals surface area contributed by atoms with Crippen molar-refractivity contribution in [2.75, 3.05) is 19.0 Å². The van der Waals surface area contributed by atoms with Crippen LogP contribution in [0, 0.1) is 0 Å². The first-order chi connectivity index (χ1) is 6.60. The summed E-state index contributed by atoms with van der Waals surface area (Å²) in [6.45, 7) is 0.199. The molecule has 0 aromatic rings. The molecule has 0 aromatic carbocycles. The maximum atomic E-state index is 11.4. The summed E-state index contributed by atoms with van der Waals surface area (Å²) >= 11 is 3.02. The number of rotatable bonds is 2. The Kier molecular flexibility index (Phi) is 3.88. The number of β-amino-alcohol motifs (C(OH)–C–C–N with tert-alkyl or cyclic N) is 1. The fourth-order valence-corrected chi connectivity index (χ4v) is 1.85. The van der Waals surface area contributed by atoms with Crippen molar-refractivity contribution in [1.82, 2.24) is 4.90 Å². The summed E-state index contributed by atoms with van der Waals surface area (Å²) in [6, 6.07) is -0.639. The Balaban J connectivity index is 2.72. The van der Waals surface area contributed by atoms with Gasteiger partial charge in [-0.3, -0.25) is 4.79 Å². The van der Waals surface area contributed by atoms with E-state index in [1.807, 2.05) is 0 Å². The van der Waals surface area contributed by atoms with E-state index in [0.717, 1.165) is 0 Å². The van der Waals surface area contributed by atoms with Gasteiger partial charge in [0.2, 0.25) is 5.91 Å². The minimum absolute atomic E-state index is 0.146. The monoisotopic (exact) mass is 265 g/mol. The van der Waals surface area contributed by atoms with E-state index in [1.165, 1.54) is 12.0 Å². The molecular formula is C8H12BrNO4. The van der Waals surface area contributed by atoms with Crippen LogP contribution in [0.25, 0.3) is 0 Å². The van der Waals surface area contributed by atoms with E-state index in [0.29, 0.717) is 0 Å². The molecule has 1 aliphatic rings. The number of nitrogens with zero attached hydrogens (tertiary/aromatic N) is 1. The molecule has 6 heteroatoms. The van der Waals surface area contributed by atoms with E-state index in [9.17, 15) is 14.7 Å². The number of aliphatic hydroxyl groups excluding tert-OH is 1. The first-order valence-corrected chi connectivity index (χ1v) is 5.33. The largest absolute Gasteiger partial charge is 0.467 e. The highest BCUT2D eigenvalue weighted by molar-refractivity contribution is 9.09. The molecular weight excluding hydrogens is 254 g/mol. The number of hydrogen-bond donors (Lipinski definition) is 1. The highest BCUT2D eigenvalue weighted by Gasteiger charge is 2.38. The van der Waals surface area contributed by atoms with Crippen molar-refractivity contribution in [2.24, 2.45) is 0 Å². The van der Waals surface area contributed by atoms with E-state index in [2.05, 4.69) is 20.7 Å². The molecule has 80 valence electrons. The molecule has 5 nitrogen and oxygen atoms in total. The van der Waals surface area contributed by atoms with Gasteiger partial charge in [-0.2, -0.15) is 0 Å². The summed E-state index contributed by atoms with van der Waals surface area (Å²) in [7, 11) is 1.27. The van der Waals surface area contributed by atoms with Gasteiger partial charge in [0.15, 0.2) is 0 Å². The van der Waals surface area contributed by atoms with Crippen LogP contribution in [0.3, 0.4) is 0 Å². The van der Waals surface area contributed by atoms with Crippen molar-refractivity contribution >= 4 is 27.8 Å². The summed E-state index contributed by atoms with van der Waals surface area (Å²) in [5.74, 6) is -0.687. The third-order valence-corrected chi connectivity index (χ3v) is 2.67. The minimum Gasteiger partial charge on any atom is -0.467 e. The number of carbonyl (C=O) groups is 2. The maximum Gasteiger partial charge on any atom is 0.328 e. The molecule has 2 atom stereocenters. The van der Waals surface area contributed by atoms with E-state index in [4.69, 9.17) is 0 Å². The molecule has 1 amide bonds. The molecule has 14 heavy (non-hydrogen) atoms. The van der Waals surface area contributed by atoms with Gasteiger partial charge < -0.3 is 14.7 Å². The van der Waals surface area contributed by atoms with E-state index < -0.39 is 18.1 Å². The average Bonchev–Trinajstić information content (AvgIpc) is 2.58. The second-order valence-electron chi connectivity index (χ2n) is 3.11. The van der Waals surface area contributed by atoms with Crippen LogP contribution in [0.4, 0.5) is 0 Å². The van der Waals surface area contributed by atoms with Crippen LogP contribution >= 0.6 is 15.9 Å². The summed E-state index contributed by atoms with van der Waals surface area (Å²) in [5.41, 5.74) is 0. The second-order valence-corrected chi connectivity index (χ2v) is 3.67. The Morgan fingerprint density at radius 2 is 2.29 bits per heavy atom. The molecule has 1 saturated heterocycles. The average molecular weight is 266 g/mol. The van der Waals surface area contributed by atoms with Gasteiger partial charge in [0, 0.05) is 13.0 Å². The molecule has 0 spiro atoms. The zero-order valence-corrected chi connectivity index (χ0v) is 9.36. The lowest BCUT2D eigenvalue weighted by atomic mass is 10.2. The zero-order valence-electron chi connectivity index (χ0n) is 7.77. The summed E-state index contributed by atoms with van der Waals surface area (Å²) < 4.78 is 4.55. The van der Waals surface area contributed by atoms with E-state index in [-0.39, 0.29) is 24.2 Å². The minimum atomic E-state index is -0.639. The number of esters is 1. The Bertz CT molecular complexity index is 221. The van der Waals surface area contributed by atoms with Crippen LogP contribution in [0.15, 0.2) is 0 Å². The number of hydrogen-bond acceptors (Lipinski definition) is 4. The highest BCUT2D eigenvalue weighted by Crippen LogP contribution is 2.19. The van der Waals surface area contributed by atoms with Crippen molar-refractivity contribution in [3.63, 3.8) is 0 Å². The molecule has 0 aliphatic carbocycles. The van der Waals surface area contributed by atoms with Crippen LogP contribution in [-0.2, 0) is 14.3 Å². The number of likely N-dealkylation sites (tertiary alicyclic amines) is 1. The van der Waals surface area contributed by atoms with Gasteiger partial charge in [-0.05, 0) is 0 Å². The molecule has 0 aromatic heterocycles. The van der Waals surface area contributed by atoms with Gasteiger partial charge >= 0.3 is 5.97 Å². The second kappa shape index (κ2) is 4.75. The molecule has 1 heterocycles. The molecule has 0 bridgehead atoms. The van der Waals surface area contributed by atoms with Gasteiger partial charge in [-0.25, -0.2) is 4.79 Å². The predicted octanol–water partition coefficient (Wildman–Crippen LogP) is -0.484. The molecule has 0 radical (unpaired) electrons. The van der Waals surface area contributed by atoms with Crippen molar-refractivity contribution in [3.8, 4) is 0 Å². The quantitative estimate of drug-likeness (QED) is 0.541. The number of carbonyl (C=O) groups excluding carboxylic acids is 2. The number of methoxy groups -OCH3 is 1. The van der Waals surface area contributed by atoms with Gasteiger partial charge in [0.1, 0.15) is 6.04 Å². The molecule has 1 N–H and O–H groups in total. The van der Waals surface area contributed by atoms with Crippen LogP contribution in [-0.4, -0.2) is 53.0 Å². The van der Waals surface area contributed by atoms with Crippen LogP contribution < -0.4 is 0 Å². The lowest BCUT2D eigenvalue weighted by molar-refractivity contribution is -0.150. The molecule has 1 aliphatic heterocycles. The third kappa shape index (κ3) is 2.24. The van der Waals surface area contributed by atoms with Gasteiger partial charge in [-0.1, -0.05) is 15.9 Å². The summed E-state index contributed by atoms with van der Waals surface area (Å²) in [6.07, 6.45) is -0.382. The third-order valence-electron chi connectivity index (χ3n) is 2.19. The standard InChI is InChI=1S/C8H12BrNO4/c1-14-8(13)6-2-5(11)4-10(6)7(12)3-9/h5-6,11H,2-4H2,1H3/t5?,6-/m0/s1. The van der Waals surface area contributed by atoms with Gasteiger partial charge in [0.25, 0.3) is 0 Å². The SMILES string of the molecule is COC(=O)[C@@H]1CC(O)CN1C(=O)CBr. The number of amides is 1. The Hall–Kier alpha value is -0.620. The molecule has 1 fully saturated rings. The predicted molar refractivity (Wildman–Crippen MR) is 51.9 cm³/mol. The fraction of sp³-hybridized carbons (Fsp3) is 0.750. The van der Waals surface area contributed by atoms with E-state index in [1.54, 1.807) is 0 Å². The topological polar surface area (TPSA) is 66.8 Å². The van der Waals surface area contributed by atoms with Gasteiger partial charge in [-0.15, -0.1) is 0 Å². The Morgan fingerprint density at radius 1 is 1.64 bits per heavy atom. The molecule has 1 unspecified atom stereocenters. The maximum absolute atomic E-state index is 11.4. The number of ether oxygens (including phenoxy) is 1. The van der Waals surface area contributed by atoms with Crippen molar-refractivity contribution in [2.45, 2.75) is 18.6 Å². The van der Waals surface area contributed by atoms with E-state index >= 15 is 0 Å². The normalized spacial score (nSPS) is 26.4. The van der Waals surface area contributed by atoms with Crippen molar-refractivity contribution in [3.05, 3.63) is 0 Å². The first kappa shape index (κ1) is 11.5. The lowest BCUT2D eigenvalue weighted by Crippen LogP contribution is -2.41. The number of alkyl halides is 1. The smallest absolute Gasteiger partial charge is 0.328 e. The summed E-state index contributed by atoms with van der Waals surface area (Å²) in [5, 5.41) is 9.49. The number of halogens is 1. The van der Waals surface area contributed by atoms with Gasteiger partial charge in [0.05, 0.1) is 18.5 Å². The lowest BCUT2D eigenvalue weighted by Gasteiger charge is -2.21. The van der Waals surface area contributed by atoms with Crippen LogP contribution in [0.1, 0.15) is 6.42 Å².